The number of piperazine rings is 1. The number of fused-ring (bicyclic) bond motifs is 1. The minimum Gasteiger partial charge on any atom is -0.462 e. The van der Waals surface area contributed by atoms with Crippen LogP contribution in [-0.4, -0.2) is 61.0 Å². The van der Waals surface area contributed by atoms with Crippen molar-refractivity contribution in [2.45, 2.75) is 13.5 Å². The molecule has 1 heterocycles. The molecular formula is C26H29N3O3. The van der Waals surface area contributed by atoms with Gasteiger partial charge in [-0.2, -0.15) is 0 Å². The van der Waals surface area contributed by atoms with Gasteiger partial charge in [-0.1, -0.05) is 42.5 Å². The Hall–Kier alpha value is -3.22. The molecule has 0 aromatic heterocycles. The molecule has 3 aromatic carbocycles. The fourth-order valence-corrected chi connectivity index (χ4v) is 4.08. The molecule has 0 bridgehead atoms. The van der Waals surface area contributed by atoms with E-state index in [4.69, 9.17) is 4.74 Å². The van der Waals surface area contributed by atoms with Crippen molar-refractivity contribution in [1.82, 2.24) is 9.80 Å². The van der Waals surface area contributed by atoms with Crippen molar-refractivity contribution in [2.24, 2.45) is 0 Å². The third-order valence-electron chi connectivity index (χ3n) is 5.79. The lowest BCUT2D eigenvalue weighted by Gasteiger charge is -2.34. The molecule has 32 heavy (non-hydrogen) atoms. The molecule has 1 amide bonds. The van der Waals surface area contributed by atoms with Gasteiger partial charge in [-0.05, 0) is 47.5 Å². The summed E-state index contributed by atoms with van der Waals surface area (Å²) < 4.78 is 4.98. The van der Waals surface area contributed by atoms with Crippen molar-refractivity contribution in [1.29, 1.82) is 0 Å². The van der Waals surface area contributed by atoms with Gasteiger partial charge < -0.3 is 10.1 Å². The SMILES string of the molecule is CCOC(=O)c1ccc(NC(=O)CN2CCN(Cc3cccc4ccccc34)CC2)cc1. The number of nitrogens with zero attached hydrogens (tertiary/aromatic N) is 2. The first kappa shape index (κ1) is 22.0. The third kappa shape index (κ3) is 5.52. The lowest BCUT2D eigenvalue weighted by Crippen LogP contribution is -2.48. The Morgan fingerprint density at radius 1 is 0.875 bits per heavy atom. The molecule has 0 spiro atoms. The summed E-state index contributed by atoms with van der Waals surface area (Å²) >= 11 is 0. The Morgan fingerprint density at radius 3 is 2.31 bits per heavy atom. The van der Waals surface area contributed by atoms with Crippen LogP contribution in [0.3, 0.4) is 0 Å². The molecule has 0 aliphatic carbocycles. The van der Waals surface area contributed by atoms with Crippen molar-refractivity contribution >= 4 is 28.3 Å². The van der Waals surface area contributed by atoms with E-state index in [1.165, 1.54) is 16.3 Å². The van der Waals surface area contributed by atoms with E-state index in [0.717, 1.165) is 32.7 Å². The van der Waals surface area contributed by atoms with Gasteiger partial charge >= 0.3 is 5.97 Å². The van der Waals surface area contributed by atoms with Gasteiger partial charge in [-0.3, -0.25) is 14.6 Å². The topological polar surface area (TPSA) is 61.9 Å². The number of hydrogen-bond donors (Lipinski definition) is 1. The van der Waals surface area contributed by atoms with E-state index >= 15 is 0 Å². The molecule has 0 unspecified atom stereocenters. The number of hydrogen-bond acceptors (Lipinski definition) is 5. The van der Waals surface area contributed by atoms with Gasteiger partial charge in [0.2, 0.25) is 5.91 Å². The monoisotopic (exact) mass is 431 g/mol. The van der Waals surface area contributed by atoms with Crippen molar-refractivity contribution < 1.29 is 14.3 Å². The van der Waals surface area contributed by atoms with Gasteiger partial charge in [0, 0.05) is 38.4 Å². The fraction of sp³-hybridized carbons (Fsp3) is 0.308. The minimum atomic E-state index is -0.355. The zero-order chi connectivity index (χ0) is 22.3. The molecule has 166 valence electrons. The molecule has 1 aliphatic heterocycles. The molecule has 3 aromatic rings. The molecule has 1 aliphatic rings. The van der Waals surface area contributed by atoms with Crippen LogP contribution in [0.15, 0.2) is 66.7 Å². The zero-order valence-electron chi connectivity index (χ0n) is 18.4. The molecule has 0 radical (unpaired) electrons. The van der Waals surface area contributed by atoms with E-state index in [9.17, 15) is 9.59 Å². The number of carbonyl (C=O) groups is 2. The maximum atomic E-state index is 12.5. The number of benzene rings is 3. The standard InChI is InChI=1S/C26H29N3O3/c1-2-32-26(31)21-10-12-23(13-11-21)27-25(30)19-29-16-14-28(15-17-29)18-22-8-5-7-20-6-3-4-9-24(20)22/h3-13H,2,14-19H2,1H3,(H,27,30). The van der Waals surface area contributed by atoms with Crippen molar-refractivity contribution in [3.05, 3.63) is 77.9 Å². The summed E-state index contributed by atoms with van der Waals surface area (Å²) in [6.07, 6.45) is 0. The summed E-state index contributed by atoms with van der Waals surface area (Å²) in [4.78, 5) is 28.8. The number of esters is 1. The van der Waals surface area contributed by atoms with Gasteiger partial charge in [0.25, 0.3) is 0 Å². The Labute approximate surface area is 188 Å². The molecular weight excluding hydrogens is 402 g/mol. The Bertz CT molecular complexity index is 1070. The summed E-state index contributed by atoms with van der Waals surface area (Å²) in [7, 11) is 0. The number of nitrogens with one attached hydrogen (secondary N) is 1. The van der Waals surface area contributed by atoms with Crippen molar-refractivity contribution in [3.63, 3.8) is 0 Å². The van der Waals surface area contributed by atoms with Crippen LogP contribution in [0.1, 0.15) is 22.8 Å². The van der Waals surface area contributed by atoms with E-state index in [1.807, 2.05) is 0 Å². The van der Waals surface area contributed by atoms with Crippen molar-refractivity contribution in [2.75, 3.05) is 44.6 Å². The van der Waals surface area contributed by atoms with Crippen LogP contribution in [0.25, 0.3) is 10.8 Å². The zero-order valence-corrected chi connectivity index (χ0v) is 18.4. The molecule has 6 heteroatoms. The van der Waals surface area contributed by atoms with Gasteiger partial charge in [-0.15, -0.1) is 0 Å². The second kappa shape index (κ2) is 10.4. The number of ether oxygens (including phenoxy) is 1. The predicted molar refractivity (Wildman–Crippen MR) is 127 cm³/mol. The van der Waals surface area contributed by atoms with Crippen LogP contribution in [0.4, 0.5) is 5.69 Å². The highest BCUT2D eigenvalue weighted by atomic mass is 16.5. The number of rotatable bonds is 7. The Kier molecular flexibility index (Phi) is 7.14. The quantitative estimate of drug-likeness (QED) is 0.577. The van der Waals surface area contributed by atoms with Crippen LogP contribution in [0.5, 0.6) is 0 Å². The van der Waals surface area contributed by atoms with Crippen LogP contribution in [0.2, 0.25) is 0 Å². The van der Waals surface area contributed by atoms with Crippen LogP contribution in [-0.2, 0) is 16.1 Å². The van der Waals surface area contributed by atoms with E-state index in [-0.39, 0.29) is 11.9 Å². The molecule has 0 saturated carbocycles. The molecule has 1 N–H and O–H groups in total. The normalized spacial score (nSPS) is 14.9. The first-order valence-corrected chi connectivity index (χ1v) is 11.1. The molecule has 4 rings (SSSR count). The summed E-state index contributed by atoms with van der Waals surface area (Å²) in [5, 5.41) is 5.50. The third-order valence-corrected chi connectivity index (χ3v) is 5.79. The average Bonchev–Trinajstić information content (AvgIpc) is 2.81. The van der Waals surface area contributed by atoms with Gasteiger partial charge in [0.1, 0.15) is 0 Å². The average molecular weight is 432 g/mol. The molecule has 1 fully saturated rings. The largest absolute Gasteiger partial charge is 0.462 e. The second-order valence-corrected chi connectivity index (χ2v) is 8.04. The summed E-state index contributed by atoms with van der Waals surface area (Å²) in [5.41, 5.74) is 2.50. The Morgan fingerprint density at radius 2 is 1.56 bits per heavy atom. The fourth-order valence-electron chi connectivity index (χ4n) is 4.08. The maximum Gasteiger partial charge on any atom is 0.338 e. The first-order chi connectivity index (χ1) is 15.6. The predicted octanol–water partition coefficient (Wildman–Crippen LogP) is 3.77. The Balaban J connectivity index is 1.25. The van der Waals surface area contributed by atoms with Gasteiger partial charge in [-0.25, -0.2) is 4.79 Å². The van der Waals surface area contributed by atoms with Crippen LogP contribution >= 0.6 is 0 Å². The van der Waals surface area contributed by atoms with Crippen LogP contribution in [0, 0.1) is 0 Å². The van der Waals surface area contributed by atoms with Gasteiger partial charge in [0.05, 0.1) is 18.7 Å². The summed E-state index contributed by atoms with van der Waals surface area (Å²) in [6.45, 7) is 6.99. The first-order valence-electron chi connectivity index (χ1n) is 11.1. The van der Waals surface area contributed by atoms with E-state index in [2.05, 4.69) is 57.6 Å². The molecule has 6 nitrogen and oxygen atoms in total. The summed E-state index contributed by atoms with van der Waals surface area (Å²) in [6, 6.07) is 21.8. The highest BCUT2D eigenvalue weighted by Gasteiger charge is 2.19. The lowest BCUT2D eigenvalue weighted by atomic mass is 10.0. The second-order valence-electron chi connectivity index (χ2n) is 8.04. The molecule has 0 atom stereocenters. The smallest absolute Gasteiger partial charge is 0.338 e. The highest BCUT2D eigenvalue weighted by Crippen LogP contribution is 2.20. The summed E-state index contributed by atoms with van der Waals surface area (Å²) in [5.74, 6) is -0.400. The highest BCUT2D eigenvalue weighted by molar-refractivity contribution is 5.94. The van der Waals surface area contributed by atoms with Crippen molar-refractivity contribution in [3.8, 4) is 0 Å². The maximum absolute atomic E-state index is 12.5. The van der Waals surface area contributed by atoms with E-state index < -0.39 is 0 Å². The van der Waals surface area contributed by atoms with E-state index in [1.54, 1.807) is 31.2 Å². The van der Waals surface area contributed by atoms with Crippen LogP contribution < -0.4 is 5.32 Å². The molecule has 1 saturated heterocycles. The minimum absolute atomic E-state index is 0.0450. The number of amides is 1. The number of anilines is 1. The van der Waals surface area contributed by atoms with Gasteiger partial charge in [0.15, 0.2) is 0 Å². The number of carbonyl (C=O) groups excluding carboxylic acids is 2. The van der Waals surface area contributed by atoms with E-state index in [0.29, 0.717) is 24.4 Å². The lowest BCUT2D eigenvalue weighted by molar-refractivity contribution is -0.117.